The molecule has 2 aromatic rings. The number of thiazole rings is 1. The van der Waals surface area contributed by atoms with Gasteiger partial charge in [0.2, 0.25) is 5.91 Å². The minimum Gasteiger partial charge on any atom is -0.480 e. The number of fused-ring (bicyclic) bond motifs is 1. The third kappa shape index (κ3) is 2.76. The summed E-state index contributed by atoms with van der Waals surface area (Å²) in [7, 11) is 0. The van der Waals surface area contributed by atoms with Gasteiger partial charge in [-0.2, -0.15) is 0 Å². The largest absolute Gasteiger partial charge is 0.480 e. The van der Waals surface area contributed by atoms with E-state index in [2.05, 4.69) is 10.3 Å². The summed E-state index contributed by atoms with van der Waals surface area (Å²) in [5.74, 6) is -1.53. The maximum absolute atomic E-state index is 12.3. The first kappa shape index (κ1) is 14.0. The molecular formula is C15H16N2O3S. The Balaban J connectivity index is 1.86. The van der Waals surface area contributed by atoms with Crippen LogP contribution >= 0.6 is 11.3 Å². The fourth-order valence-corrected chi connectivity index (χ4v) is 3.25. The van der Waals surface area contributed by atoms with Crippen LogP contribution in [-0.4, -0.2) is 28.0 Å². The van der Waals surface area contributed by atoms with Crippen molar-refractivity contribution in [2.45, 2.75) is 32.2 Å². The Bertz CT molecular complexity index is 675. The van der Waals surface area contributed by atoms with Crippen LogP contribution < -0.4 is 5.32 Å². The third-order valence-corrected chi connectivity index (χ3v) is 4.77. The van der Waals surface area contributed by atoms with Gasteiger partial charge in [-0.05, 0) is 31.9 Å². The number of rotatable bonds is 5. The lowest BCUT2D eigenvalue weighted by atomic mass is 9.86. The van der Waals surface area contributed by atoms with Gasteiger partial charge in [-0.3, -0.25) is 9.59 Å². The molecule has 1 aliphatic rings. The van der Waals surface area contributed by atoms with Crippen LogP contribution in [-0.2, 0) is 16.0 Å². The Morgan fingerprint density at radius 3 is 2.76 bits per heavy atom. The van der Waals surface area contributed by atoms with Crippen LogP contribution in [0, 0.1) is 5.41 Å². The highest BCUT2D eigenvalue weighted by Crippen LogP contribution is 2.30. The van der Waals surface area contributed by atoms with Crippen molar-refractivity contribution in [1.29, 1.82) is 0 Å². The van der Waals surface area contributed by atoms with E-state index in [9.17, 15) is 14.7 Å². The number of nitrogens with zero attached hydrogens (tertiary/aromatic N) is 1. The van der Waals surface area contributed by atoms with Gasteiger partial charge in [0.1, 0.15) is 5.41 Å². The first-order chi connectivity index (χ1) is 9.99. The average molecular weight is 304 g/mol. The number of hydrogen-bond donors (Lipinski definition) is 2. The molecule has 1 unspecified atom stereocenters. The van der Waals surface area contributed by atoms with Crippen molar-refractivity contribution in [1.82, 2.24) is 10.3 Å². The predicted octanol–water partition coefficient (Wildman–Crippen LogP) is 2.21. The lowest BCUT2D eigenvalue weighted by molar-refractivity contribution is -0.154. The van der Waals surface area contributed by atoms with Crippen LogP contribution in [0.4, 0.5) is 0 Å². The van der Waals surface area contributed by atoms with Crippen molar-refractivity contribution in [2.24, 2.45) is 5.41 Å². The number of carboxylic acids is 1. The molecule has 110 valence electrons. The van der Waals surface area contributed by atoms with Crippen LogP contribution in [0.3, 0.4) is 0 Å². The second-order valence-electron chi connectivity index (χ2n) is 5.64. The fraction of sp³-hybridized carbons (Fsp3) is 0.400. The zero-order valence-electron chi connectivity index (χ0n) is 11.6. The van der Waals surface area contributed by atoms with Crippen molar-refractivity contribution in [3.05, 3.63) is 29.3 Å². The number of nitrogens with one attached hydrogen (secondary N) is 1. The molecule has 1 heterocycles. The Morgan fingerprint density at radius 2 is 2.14 bits per heavy atom. The van der Waals surface area contributed by atoms with Crippen molar-refractivity contribution < 1.29 is 14.7 Å². The summed E-state index contributed by atoms with van der Waals surface area (Å²) in [6, 6.07) is 7.78. The molecule has 1 aliphatic carbocycles. The first-order valence-electron chi connectivity index (χ1n) is 6.88. The van der Waals surface area contributed by atoms with Crippen molar-refractivity contribution in [3.63, 3.8) is 0 Å². The number of aliphatic carboxylic acids is 1. The van der Waals surface area contributed by atoms with Crippen molar-refractivity contribution in [2.75, 3.05) is 0 Å². The molecule has 6 heteroatoms. The minimum absolute atomic E-state index is 0.111. The second-order valence-corrected chi connectivity index (χ2v) is 6.75. The number of aromatic nitrogens is 1. The molecule has 3 rings (SSSR count). The molecule has 21 heavy (non-hydrogen) atoms. The number of carbonyl (C=O) groups is 2. The molecule has 0 radical (unpaired) electrons. The molecule has 0 saturated heterocycles. The lowest BCUT2D eigenvalue weighted by Gasteiger charge is -2.22. The molecule has 0 bridgehead atoms. The smallest absolute Gasteiger partial charge is 0.319 e. The number of carboxylic acid groups (broad SMARTS) is 1. The topological polar surface area (TPSA) is 79.3 Å². The van der Waals surface area contributed by atoms with Crippen LogP contribution in [0.5, 0.6) is 0 Å². The molecule has 1 amide bonds. The van der Waals surface area contributed by atoms with E-state index in [1.54, 1.807) is 0 Å². The highest BCUT2D eigenvalue weighted by atomic mass is 32.1. The quantitative estimate of drug-likeness (QED) is 0.830. The lowest BCUT2D eigenvalue weighted by Crippen LogP contribution is -2.46. The van der Waals surface area contributed by atoms with Gasteiger partial charge < -0.3 is 10.4 Å². The van der Waals surface area contributed by atoms with E-state index in [0.717, 1.165) is 23.1 Å². The Kier molecular flexibility index (Phi) is 3.41. The number of carbonyl (C=O) groups excluding carboxylic acids is 1. The van der Waals surface area contributed by atoms with Gasteiger partial charge in [-0.25, -0.2) is 4.98 Å². The number of hydrogen-bond acceptors (Lipinski definition) is 4. The molecular weight excluding hydrogens is 288 g/mol. The molecule has 1 atom stereocenters. The van der Waals surface area contributed by atoms with Gasteiger partial charge in [-0.1, -0.05) is 12.1 Å². The normalized spacial score (nSPS) is 17.4. The van der Waals surface area contributed by atoms with Gasteiger partial charge in [0, 0.05) is 12.5 Å². The zero-order valence-corrected chi connectivity index (χ0v) is 12.4. The van der Waals surface area contributed by atoms with Crippen LogP contribution in [0.2, 0.25) is 0 Å². The number of benzene rings is 1. The molecule has 1 fully saturated rings. The van der Waals surface area contributed by atoms with Gasteiger partial charge in [-0.15, -0.1) is 11.3 Å². The maximum Gasteiger partial charge on any atom is 0.319 e. The van der Waals surface area contributed by atoms with E-state index < -0.39 is 17.3 Å². The molecule has 1 aromatic carbocycles. The standard InChI is InChI=1S/C15H16N2O3S/c1-15(14(19)20,13(18)16-9-6-7-9)8-12-17-10-4-2-3-5-11(10)21-12/h2-5,9H,6-8H2,1H3,(H,16,18)(H,19,20). The minimum atomic E-state index is -1.48. The predicted molar refractivity (Wildman–Crippen MR) is 80.2 cm³/mol. The zero-order chi connectivity index (χ0) is 15.0. The summed E-state index contributed by atoms with van der Waals surface area (Å²) in [5.41, 5.74) is -0.635. The third-order valence-electron chi connectivity index (χ3n) is 3.73. The molecule has 0 spiro atoms. The van der Waals surface area contributed by atoms with Crippen molar-refractivity contribution in [3.8, 4) is 0 Å². The molecule has 1 saturated carbocycles. The van der Waals surface area contributed by atoms with Crippen molar-refractivity contribution >= 4 is 33.4 Å². The average Bonchev–Trinajstić information content (AvgIpc) is 3.16. The molecule has 0 aliphatic heterocycles. The Morgan fingerprint density at radius 1 is 1.43 bits per heavy atom. The summed E-state index contributed by atoms with van der Waals surface area (Å²) >= 11 is 1.44. The van der Waals surface area contributed by atoms with E-state index in [0.29, 0.717) is 5.01 Å². The monoisotopic (exact) mass is 304 g/mol. The van der Waals surface area contributed by atoms with Gasteiger partial charge in [0.25, 0.3) is 0 Å². The van der Waals surface area contributed by atoms with Crippen LogP contribution in [0.1, 0.15) is 24.8 Å². The maximum atomic E-state index is 12.3. The van der Waals surface area contributed by atoms with Crippen LogP contribution in [0.15, 0.2) is 24.3 Å². The molecule has 2 N–H and O–H groups in total. The van der Waals surface area contributed by atoms with Gasteiger partial charge >= 0.3 is 5.97 Å². The summed E-state index contributed by atoms with van der Waals surface area (Å²) in [5, 5.41) is 12.9. The summed E-state index contributed by atoms with van der Waals surface area (Å²) in [6.07, 6.45) is 1.98. The van der Waals surface area contributed by atoms with E-state index in [1.807, 2.05) is 24.3 Å². The molecule has 1 aromatic heterocycles. The Labute approximate surface area is 126 Å². The number of amides is 1. The van der Waals surface area contributed by atoms with E-state index >= 15 is 0 Å². The highest BCUT2D eigenvalue weighted by Gasteiger charge is 2.44. The SMILES string of the molecule is CC(Cc1nc2ccccc2s1)(C(=O)O)C(=O)NC1CC1. The Hall–Kier alpha value is -1.95. The second kappa shape index (κ2) is 5.11. The van der Waals surface area contributed by atoms with Gasteiger partial charge in [0.05, 0.1) is 15.2 Å². The van der Waals surface area contributed by atoms with E-state index in [-0.39, 0.29) is 12.5 Å². The van der Waals surface area contributed by atoms with Crippen LogP contribution in [0.25, 0.3) is 10.2 Å². The van der Waals surface area contributed by atoms with E-state index in [1.165, 1.54) is 18.3 Å². The molecule has 5 nitrogen and oxygen atoms in total. The first-order valence-corrected chi connectivity index (χ1v) is 7.69. The highest BCUT2D eigenvalue weighted by molar-refractivity contribution is 7.18. The van der Waals surface area contributed by atoms with Gasteiger partial charge in [0.15, 0.2) is 0 Å². The van der Waals surface area contributed by atoms with E-state index in [4.69, 9.17) is 0 Å². The summed E-state index contributed by atoms with van der Waals surface area (Å²) in [4.78, 5) is 28.3. The summed E-state index contributed by atoms with van der Waals surface area (Å²) in [6.45, 7) is 1.47. The number of para-hydroxylation sites is 1. The summed E-state index contributed by atoms with van der Waals surface area (Å²) < 4.78 is 1.00. The fourth-order valence-electron chi connectivity index (χ4n) is 2.12.